The minimum atomic E-state index is -0.213. The van der Waals surface area contributed by atoms with Gasteiger partial charge in [0, 0.05) is 54.0 Å². The zero-order valence-electron chi connectivity index (χ0n) is 27.0. The number of nitrogens with one attached hydrogen (secondary N) is 2. The van der Waals surface area contributed by atoms with E-state index in [2.05, 4.69) is 71.3 Å². The molecule has 1 aliphatic carbocycles. The molecule has 3 aliphatic rings. The highest BCUT2D eigenvalue weighted by atomic mass is 32.1. The Kier molecular flexibility index (Phi) is 7.28. The second-order valence-electron chi connectivity index (χ2n) is 13.1. The number of benzene rings is 2. The van der Waals surface area contributed by atoms with E-state index in [9.17, 15) is 4.79 Å². The third-order valence-electron chi connectivity index (χ3n) is 9.82. The third kappa shape index (κ3) is 5.66. The number of pyridine rings is 1. The summed E-state index contributed by atoms with van der Waals surface area (Å²) in [5.74, 6) is 1.95. The highest BCUT2D eigenvalue weighted by Crippen LogP contribution is 2.44. The van der Waals surface area contributed by atoms with Crippen LogP contribution in [0, 0.1) is 6.92 Å². The van der Waals surface area contributed by atoms with E-state index in [1.54, 1.807) is 22.2 Å². The molecule has 2 aromatic carbocycles. The van der Waals surface area contributed by atoms with Gasteiger partial charge in [-0.25, -0.2) is 19.5 Å². The summed E-state index contributed by atoms with van der Waals surface area (Å²) >= 11 is 1.60. The Balaban J connectivity index is 0.972. The van der Waals surface area contributed by atoms with Crippen LogP contribution >= 0.6 is 11.3 Å². The second-order valence-corrected chi connectivity index (χ2v) is 14.1. The van der Waals surface area contributed by atoms with Gasteiger partial charge in [0.15, 0.2) is 5.65 Å². The number of ether oxygens (including phenoxy) is 1. The van der Waals surface area contributed by atoms with E-state index in [4.69, 9.17) is 4.74 Å². The van der Waals surface area contributed by atoms with Crippen molar-refractivity contribution >= 4 is 56.0 Å². The zero-order valence-corrected chi connectivity index (χ0v) is 27.9. The first-order valence-electron chi connectivity index (χ1n) is 16.7. The number of anilines is 4. The molecule has 3 fully saturated rings. The Morgan fingerprint density at radius 1 is 0.959 bits per heavy atom. The van der Waals surface area contributed by atoms with Gasteiger partial charge in [0.2, 0.25) is 5.91 Å². The topological polar surface area (TPSA) is 113 Å². The Hall–Kier alpha value is -5.33. The highest BCUT2D eigenvalue weighted by Gasteiger charge is 2.46. The predicted octanol–water partition coefficient (Wildman–Crippen LogP) is 7.19. The van der Waals surface area contributed by atoms with Gasteiger partial charge in [-0.15, -0.1) is 11.3 Å². The summed E-state index contributed by atoms with van der Waals surface area (Å²) in [6.45, 7) is 7.68. The van der Waals surface area contributed by atoms with Gasteiger partial charge in [-0.3, -0.25) is 9.69 Å². The molecule has 9 rings (SSSR count). The molecule has 1 amide bonds. The van der Waals surface area contributed by atoms with Gasteiger partial charge in [-0.1, -0.05) is 12.6 Å². The van der Waals surface area contributed by atoms with Gasteiger partial charge in [-0.2, -0.15) is 5.10 Å². The van der Waals surface area contributed by atoms with Crippen molar-refractivity contribution in [2.24, 2.45) is 0 Å². The number of thiophene rings is 1. The average molecular weight is 670 g/mol. The molecule has 2 N–H and O–H groups in total. The van der Waals surface area contributed by atoms with Crippen LogP contribution in [0.3, 0.4) is 0 Å². The summed E-state index contributed by atoms with van der Waals surface area (Å²) in [6, 6.07) is 20.1. The van der Waals surface area contributed by atoms with E-state index >= 15 is 0 Å². The standard InChI is InChI=1S/C37H35N9O2S/c1-3-35(47)43-30-15-23(4-10-31(30)44-18-26-8-9-27(19-44)46(26)25-6-7-25)33-17-29-36(39-20-40-37(29)49-33)42-24-5-11-32(22(2)14-24)48-28-12-13-45-34(16-28)38-21-41-45/h3-5,10-17,20-21,25-27H,1,6-9,18-19H2,2H3,(H,43,47)(H,39,40,42). The smallest absolute Gasteiger partial charge is 0.247 e. The zero-order chi connectivity index (χ0) is 33.1. The molecule has 2 saturated heterocycles. The number of hydrogen-bond acceptors (Lipinski definition) is 10. The number of fused-ring (bicyclic) bond motifs is 4. The van der Waals surface area contributed by atoms with Gasteiger partial charge in [0.25, 0.3) is 0 Å². The number of aryl methyl sites for hydroxylation is 1. The molecular formula is C37H35N9O2S. The van der Waals surface area contributed by atoms with Crippen LogP contribution in [0.2, 0.25) is 0 Å². The fraction of sp³-hybridized carbons (Fsp3) is 0.270. The van der Waals surface area contributed by atoms with Gasteiger partial charge in [0.05, 0.1) is 16.8 Å². The van der Waals surface area contributed by atoms with Gasteiger partial charge in [-0.05, 0) is 92.3 Å². The molecule has 11 nitrogen and oxygen atoms in total. The quantitative estimate of drug-likeness (QED) is 0.155. The van der Waals surface area contributed by atoms with E-state index in [-0.39, 0.29) is 5.91 Å². The molecule has 12 heteroatoms. The molecule has 2 unspecified atom stereocenters. The number of amides is 1. The maximum atomic E-state index is 12.6. The largest absolute Gasteiger partial charge is 0.457 e. The van der Waals surface area contributed by atoms with Crippen LogP contribution in [0.5, 0.6) is 11.5 Å². The first-order valence-corrected chi connectivity index (χ1v) is 17.5. The molecule has 246 valence electrons. The van der Waals surface area contributed by atoms with Crippen molar-refractivity contribution in [3.63, 3.8) is 0 Å². The molecular weight excluding hydrogens is 635 g/mol. The van der Waals surface area contributed by atoms with Crippen molar-refractivity contribution in [2.75, 3.05) is 28.6 Å². The van der Waals surface area contributed by atoms with Crippen molar-refractivity contribution in [3.8, 4) is 21.9 Å². The van der Waals surface area contributed by atoms with Crippen LogP contribution < -0.4 is 20.3 Å². The number of carbonyl (C=O) groups excluding carboxylic acids is 1. The Morgan fingerprint density at radius 2 is 1.80 bits per heavy atom. The predicted molar refractivity (Wildman–Crippen MR) is 193 cm³/mol. The lowest BCUT2D eigenvalue weighted by atomic mass is 10.1. The Morgan fingerprint density at radius 3 is 2.59 bits per heavy atom. The summed E-state index contributed by atoms with van der Waals surface area (Å²) in [4.78, 5) is 33.2. The van der Waals surface area contributed by atoms with Crippen molar-refractivity contribution in [2.45, 2.75) is 50.7 Å². The van der Waals surface area contributed by atoms with Crippen molar-refractivity contribution in [1.29, 1.82) is 0 Å². The second kappa shape index (κ2) is 12.0. The van der Waals surface area contributed by atoms with Crippen LogP contribution in [0.4, 0.5) is 22.9 Å². The highest BCUT2D eigenvalue weighted by molar-refractivity contribution is 7.21. The summed E-state index contributed by atoms with van der Waals surface area (Å²) in [6.07, 6.45) is 11.4. The first-order chi connectivity index (χ1) is 24.0. The number of carbonyl (C=O) groups is 1. The summed E-state index contributed by atoms with van der Waals surface area (Å²) in [5.41, 5.74) is 5.47. The van der Waals surface area contributed by atoms with Crippen LogP contribution in [0.25, 0.3) is 26.3 Å². The van der Waals surface area contributed by atoms with Crippen molar-refractivity contribution in [3.05, 3.63) is 91.7 Å². The summed E-state index contributed by atoms with van der Waals surface area (Å²) in [7, 11) is 0. The van der Waals surface area contributed by atoms with Crippen LogP contribution in [-0.4, -0.2) is 66.6 Å². The van der Waals surface area contributed by atoms with Crippen molar-refractivity contribution in [1.82, 2.24) is 29.5 Å². The molecule has 2 bridgehead atoms. The van der Waals surface area contributed by atoms with Crippen LogP contribution in [0.1, 0.15) is 31.2 Å². The molecule has 49 heavy (non-hydrogen) atoms. The number of rotatable bonds is 9. The van der Waals surface area contributed by atoms with E-state index < -0.39 is 0 Å². The van der Waals surface area contributed by atoms with E-state index in [1.165, 1.54) is 38.1 Å². The lowest BCUT2D eigenvalue weighted by Gasteiger charge is -2.43. The fourth-order valence-corrected chi connectivity index (χ4v) is 8.41. The molecule has 0 radical (unpaired) electrons. The van der Waals surface area contributed by atoms with Crippen LogP contribution in [-0.2, 0) is 4.79 Å². The Labute approximate surface area is 287 Å². The third-order valence-corrected chi connectivity index (χ3v) is 10.9. The SMILES string of the molecule is C=CC(=O)Nc1cc(-c2cc3c(Nc4ccc(Oc5ccn6ncnc6c5)c(C)c4)ncnc3s2)ccc1N1CC2CCC(C1)N2C1CC1. The van der Waals surface area contributed by atoms with Crippen LogP contribution in [0.15, 0.2) is 86.1 Å². The molecule has 6 heterocycles. The minimum Gasteiger partial charge on any atom is -0.457 e. The molecule has 1 saturated carbocycles. The normalized spacial score (nSPS) is 19.0. The fourth-order valence-electron chi connectivity index (χ4n) is 7.41. The first kappa shape index (κ1) is 29.8. The van der Waals surface area contributed by atoms with E-state index in [0.29, 0.717) is 17.8 Å². The summed E-state index contributed by atoms with van der Waals surface area (Å²) < 4.78 is 7.86. The lowest BCUT2D eigenvalue weighted by molar-refractivity contribution is -0.111. The average Bonchev–Trinajstić information content (AvgIpc) is 3.55. The van der Waals surface area contributed by atoms with Gasteiger partial charge in [0.1, 0.15) is 34.8 Å². The maximum absolute atomic E-state index is 12.6. The van der Waals surface area contributed by atoms with E-state index in [0.717, 1.165) is 79.6 Å². The molecule has 2 aliphatic heterocycles. The number of piperazine rings is 1. The molecule has 0 spiro atoms. The Bertz CT molecular complexity index is 2230. The molecule has 6 aromatic rings. The minimum absolute atomic E-state index is 0.213. The number of nitrogens with zero attached hydrogens (tertiary/aromatic N) is 7. The number of aromatic nitrogens is 5. The van der Waals surface area contributed by atoms with E-state index in [1.807, 2.05) is 43.5 Å². The number of hydrogen-bond donors (Lipinski definition) is 2. The maximum Gasteiger partial charge on any atom is 0.247 e. The monoisotopic (exact) mass is 669 g/mol. The lowest BCUT2D eigenvalue weighted by Crippen LogP contribution is -2.54. The van der Waals surface area contributed by atoms with Gasteiger partial charge < -0.3 is 20.3 Å². The van der Waals surface area contributed by atoms with Crippen molar-refractivity contribution < 1.29 is 9.53 Å². The summed E-state index contributed by atoms with van der Waals surface area (Å²) in [5, 5.41) is 11.7. The molecule has 2 atom stereocenters. The molecule has 4 aromatic heterocycles. The van der Waals surface area contributed by atoms with Gasteiger partial charge >= 0.3 is 0 Å².